The van der Waals surface area contributed by atoms with Crippen molar-refractivity contribution in [1.82, 2.24) is 15.6 Å². The Morgan fingerprint density at radius 1 is 1.11 bits per heavy atom. The zero-order valence-electron chi connectivity index (χ0n) is 19.5. The number of nitrogens with zero attached hydrogens (tertiary/aromatic N) is 1. The fourth-order valence-electron chi connectivity index (χ4n) is 3.86. The van der Waals surface area contributed by atoms with E-state index in [0.717, 1.165) is 42.5 Å². The first-order valence-corrected chi connectivity index (χ1v) is 11.8. The van der Waals surface area contributed by atoms with Gasteiger partial charge >= 0.3 is 0 Å². The van der Waals surface area contributed by atoms with Gasteiger partial charge in [0.1, 0.15) is 11.6 Å². The zero-order chi connectivity index (χ0) is 24.3. The number of hydrogen-bond acceptors (Lipinski definition) is 6. The van der Waals surface area contributed by atoms with Crippen LogP contribution in [0.25, 0.3) is 0 Å². The first-order valence-electron chi connectivity index (χ1n) is 11.8. The van der Waals surface area contributed by atoms with Crippen molar-refractivity contribution in [1.29, 1.82) is 0 Å². The summed E-state index contributed by atoms with van der Waals surface area (Å²) < 4.78 is 29.7. The highest BCUT2D eigenvalue weighted by atomic mass is 19.1. The van der Waals surface area contributed by atoms with Crippen molar-refractivity contribution in [3.63, 3.8) is 0 Å². The molecule has 2 N–H and O–H groups in total. The fourth-order valence-corrected chi connectivity index (χ4v) is 3.86. The molecule has 5 rings (SSSR count). The molecule has 1 fully saturated rings. The second-order valence-corrected chi connectivity index (χ2v) is 8.38. The summed E-state index contributed by atoms with van der Waals surface area (Å²) in [5, 5.41) is 6.08. The monoisotopic (exact) mass is 479 g/mol. The molecule has 2 aliphatic heterocycles. The largest absolute Gasteiger partial charge is 0.493 e. The number of pyridine rings is 1. The van der Waals surface area contributed by atoms with Gasteiger partial charge in [0.2, 0.25) is 6.79 Å². The molecule has 3 aromatic rings. The van der Waals surface area contributed by atoms with Gasteiger partial charge in [-0.25, -0.2) is 4.39 Å². The number of halogens is 1. The molecule has 0 bridgehead atoms. The maximum absolute atomic E-state index is 13.3. The topological polar surface area (TPSA) is 81.7 Å². The Kier molecular flexibility index (Phi) is 8.89. The van der Waals surface area contributed by atoms with E-state index >= 15 is 0 Å². The number of rotatable bonds is 7. The van der Waals surface area contributed by atoms with Crippen LogP contribution in [0.4, 0.5) is 4.39 Å². The quantitative estimate of drug-likeness (QED) is 0.534. The molecule has 0 saturated carbocycles. The molecule has 0 aliphatic carbocycles. The lowest BCUT2D eigenvalue weighted by atomic mass is 10.0. The molecule has 2 aliphatic rings. The lowest BCUT2D eigenvalue weighted by Crippen LogP contribution is -2.33. The zero-order valence-corrected chi connectivity index (χ0v) is 19.5. The van der Waals surface area contributed by atoms with E-state index in [4.69, 9.17) is 14.2 Å². The average molecular weight is 480 g/mol. The Hall–Kier alpha value is -3.65. The molecule has 184 valence electrons. The summed E-state index contributed by atoms with van der Waals surface area (Å²) in [5.41, 5.74) is 1.16. The van der Waals surface area contributed by atoms with Gasteiger partial charge in [-0.2, -0.15) is 0 Å². The normalized spacial score (nSPS) is 16.1. The van der Waals surface area contributed by atoms with Crippen molar-refractivity contribution in [3.8, 4) is 17.2 Å². The first kappa shape index (κ1) is 24.5. The van der Waals surface area contributed by atoms with Gasteiger partial charge in [0.15, 0.2) is 11.5 Å². The summed E-state index contributed by atoms with van der Waals surface area (Å²) in [6.45, 7) is 3.75. The van der Waals surface area contributed by atoms with Crippen LogP contribution in [0.15, 0.2) is 67.0 Å². The molecule has 1 atom stereocenters. The minimum atomic E-state index is -0.501. The average Bonchev–Trinajstić information content (AvgIpc) is 3.37. The first-order chi connectivity index (χ1) is 17.2. The van der Waals surface area contributed by atoms with E-state index in [2.05, 4.69) is 15.6 Å². The van der Waals surface area contributed by atoms with E-state index in [0.29, 0.717) is 25.7 Å². The Morgan fingerprint density at radius 2 is 1.94 bits per heavy atom. The van der Waals surface area contributed by atoms with Crippen molar-refractivity contribution in [2.24, 2.45) is 5.92 Å². The van der Waals surface area contributed by atoms with Crippen LogP contribution >= 0.6 is 0 Å². The summed E-state index contributed by atoms with van der Waals surface area (Å²) in [4.78, 5) is 15.6. The maximum Gasteiger partial charge on any atom is 0.254 e. The molecule has 1 saturated heterocycles. The third-order valence-corrected chi connectivity index (χ3v) is 5.80. The van der Waals surface area contributed by atoms with Crippen LogP contribution in [0, 0.1) is 11.7 Å². The smallest absolute Gasteiger partial charge is 0.254 e. The van der Waals surface area contributed by atoms with Crippen molar-refractivity contribution < 1.29 is 23.4 Å². The minimum absolute atomic E-state index is 0.0761. The van der Waals surface area contributed by atoms with Gasteiger partial charge in [0.25, 0.3) is 5.91 Å². The maximum atomic E-state index is 13.3. The number of hydrogen-bond donors (Lipinski definition) is 2. The van der Waals surface area contributed by atoms with Crippen LogP contribution in [-0.4, -0.2) is 43.9 Å². The molecular weight excluding hydrogens is 449 g/mol. The number of nitrogens with one attached hydrogen (secondary N) is 2. The Labute approximate surface area is 204 Å². The van der Waals surface area contributed by atoms with Crippen LogP contribution < -0.4 is 24.8 Å². The Bertz CT molecular complexity index is 1090. The second kappa shape index (κ2) is 12.7. The highest BCUT2D eigenvalue weighted by molar-refractivity contribution is 5.94. The third kappa shape index (κ3) is 7.42. The van der Waals surface area contributed by atoms with E-state index in [-0.39, 0.29) is 11.5 Å². The summed E-state index contributed by atoms with van der Waals surface area (Å²) in [6, 6.07) is 15.4. The molecule has 3 heterocycles. The van der Waals surface area contributed by atoms with Crippen LogP contribution in [0.2, 0.25) is 0 Å². The molecule has 1 unspecified atom stereocenters. The summed E-state index contributed by atoms with van der Waals surface area (Å²) in [6.07, 6.45) is 6.59. The van der Waals surface area contributed by atoms with Crippen LogP contribution in [0.5, 0.6) is 17.2 Å². The van der Waals surface area contributed by atoms with E-state index in [1.54, 1.807) is 24.5 Å². The summed E-state index contributed by atoms with van der Waals surface area (Å²) in [5.74, 6) is 2.18. The van der Waals surface area contributed by atoms with E-state index in [9.17, 15) is 9.18 Å². The van der Waals surface area contributed by atoms with Crippen molar-refractivity contribution in [2.75, 3.05) is 33.0 Å². The second-order valence-electron chi connectivity index (χ2n) is 8.38. The molecule has 0 spiro atoms. The van der Waals surface area contributed by atoms with Gasteiger partial charge in [-0.3, -0.25) is 9.78 Å². The molecule has 7 nitrogen and oxygen atoms in total. The molecule has 8 heteroatoms. The SMILES string of the molecule is O=C(NCCc1ccncc1)c1ccccc1F.c1cc2c(cc1OCC1CCCNC1)OCO2. The van der Waals surface area contributed by atoms with E-state index in [1.165, 1.54) is 25.0 Å². The number of carbonyl (C=O) groups excluding carboxylic acids is 1. The highest BCUT2D eigenvalue weighted by Crippen LogP contribution is 2.35. The lowest BCUT2D eigenvalue weighted by molar-refractivity contribution is 0.0950. The van der Waals surface area contributed by atoms with Crippen molar-refractivity contribution in [3.05, 3.63) is 83.9 Å². The lowest BCUT2D eigenvalue weighted by Gasteiger charge is -2.22. The number of amides is 1. The number of piperidine rings is 1. The summed E-state index contributed by atoms with van der Waals surface area (Å²) >= 11 is 0. The van der Waals surface area contributed by atoms with Crippen LogP contribution in [0.3, 0.4) is 0 Å². The van der Waals surface area contributed by atoms with Gasteiger partial charge in [-0.05, 0) is 67.8 Å². The Morgan fingerprint density at radius 3 is 2.74 bits per heavy atom. The van der Waals surface area contributed by atoms with Gasteiger partial charge in [0, 0.05) is 37.5 Å². The highest BCUT2D eigenvalue weighted by Gasteiger charge is 2.16. The van der Waals surface area contributed by atoms with Gasteiger partial charge in [-0.1, -0.05) is 12.1 Å². The predicted molar refractivity (Wildman–Crippen MR) is 130 cm³/mol. The van der Waals surface area contributed by atoms with Crippen molar-refractivity contribution >= 4 is 5.91 Å². The number of ether oxygens (including phenoxy) is 3. The van der Waals surface area contributed by atoms with Gasteiger partial charge in [-0.15, -0.1) is 0 Å². The van der Waals surface area contributed by atoms with Crippen molar-refractivity contribution in [2.45, 2.75) is 19.3 Å². The standard InChI is InChI=1S/C14H13FN2O.C13H17NO3/c15-13-4-2-1-3-12(13)14(18)17-10-7-11-5-8-16-9-6-11;1-2-10(7-14-5-1)8-15-11-3-4-12-13(6-11)17-9-16-12/h1-6,8-9H,7,10H2,(H,17,18);3-4,6,10,14H,1-2,5,7-9H2. The predicted octanol–water partition coefficient (Wildman–Crippen LogP) is 3.99. The minimum Gasteiger partial charge on any atom is -0.493 e. The van der Waals surface area contributed by atoms with E-state index in [1.807, 2.05) is 30.3 Å². The molecular formula is C27H30FN3O4. The molecule has 2 aromatic carbocycles. The number of benzene rings is 2. The van der Waals surface area contributed by atoms with Gasteiger partial charge in [0.05, 0.1) is 12.2 Å². The van der Waals surface area contributed by atoms with Gasteiger partial charge < -0.3 is 24.8 Å². The summed E-state index contributed by atoms with van der Waals surface area (Å²) in [7, 11) is 0. The number of aromatic nitrogens is 1. The fraction of sp³-hybridized carbons (Fsp3) is 0.333. The molecule has 1 aromatic heterocycles. The third-order valence-electron chi connectivity index (χ3n) is 5.80. The van der Waals surface area contributed by atoms with E-state index < -0.39 is 5.82 Å². The van der Waals surface area contributed by atoms with Crippen LogP contribution in [0.1, 0.15) is 28.8 Å². The van der Waals surface area contributed by atoms with Crippen LogP contribution in [-0.2, 0) is 6.42 Å². The molecule has 0 radical (unpaired) electrons. The Balaban J connectivity index is 0.000000165. The molecule has 1 amide bonds. The number of fused-ring (bicyclic) bond motifs is 1. The number of carbonyl (C=O) groups is 1. The molecule has 35 heavy (non-hydrogen) atoms.